The molecule has 0 radical (unpaired) electrons. The lowest BCUT2D eigenvalue weighted by Gasteiger charge is -2.40. The Kier molecular flexibility index (Phi) is 8.44. The van der Waals surface area contributed by atoms with E-state index >= 15 is 0 Å². The Hall–Kier alpha value is -2.87. The van der Waals surface area contributed by atoms with E-state index in [0.29, 0.717) is 18.7 Å². The number of likely N-dealkylation sites (N-methyl/N-ethyl adjacent to an activating group) is 1. The maximum atomic E-state index is 13.2. The third kappa shape index (κ3) is 5.86. The number of esters is 1. The summed E-state index contributed by atoms with van der Waals surface area (Å²) in [6.07, 6.45) is 0. The van der Waals surface area contributed by atoms with Gasteiger partial charge < -0.3 is 10.1 Å². The minimum absolute atomic E-state index is 0.193. The number of ether oxygens (including phenoxy) is 1. The molecule has 2 aliphatic heterocycles. The lowest BCUT2D eigenvalue weighted by Crippen LogP contribution is -2.53. The Morgan fingerprint density at radius 1 is 0.971 bits per heavy atom. The van der Waals surface area contributed by atoms with Crippen molar-refractivity contribution >= 4 is 23.6 Å². The third-order valence-electron chi connectivity index (χ3n) is 6.57. The second kappa shape index (κ2) is 11.7. The molecule has 4 rings (SSSR count). The van der Waals surface area contributed by atoms with E-state index in [1.54, 1.807) is 11.8 Å². The van der Waals surface area contributed by atoms with Crippen LogP contribution in [0, 0.1) is 0 Å². The molecule has 0 spiro atoms. The molecule has 1 N–H and O–H groups in total. The van der Waals surface area contributed by atoms with Crippen molar-refractivity contribution in [2.75, 3.05) is 45.9 Å². The summed E-state index contributed by atoms with van der Waals surface area (Å²) in [6.45, 7) is 9.22. The first-order chi connectivity index (χ1) is 17.0. The summed E-state index contributed by atoms with van der Waals surface area (Å²) in [7, 11) is 0. The number of hydrogen-bond donors (Lipinski definition) is 1. The van der Waals surface area contributed by atoms with Crippen LogP contribution in [-0.4, -0.2) is 72.6 Å². The molecule has 1 saturated heterocycles. The number of halogens is 1. The maximum absolute atomic E-state index is 13.2. The molecule has 2 amide bonds. The minimum Gasteiger partial charge on any atom is -0.463 e. The van der Waals surface area contributed by atoms with Gasteiger partial charge in [-0.2, -0.15) is 0 Å². The average Bonchev–Trinajstić information content (AvgIpc) is 2.87. The molecule has 1 unspecified atom stereocenters. The van der Waals surface area contributed by atoms with E-state index in [2.05, 4.69) is 21.2 Å². The summed E-state index contributed by atoms with van der Waals surface area (Å²) in [6, 6.07) is 16.8. The number of urea groups is 1. The number of rotatable bonds is 8. The molecule has 2 aromatic carbocycles. The fourth-order valence-corrected chi connectivity index (χ4v) is 4.93. The van der Waals surface area contributed by atoms with E-state index in [-0.39, 0.29) is 18.6 Å². The number of amides is 2. The number of hydrogen-bond acceptors (Lipinski definition) is 5. The zero-order valence-corrected chi connectivity index (χ0v) is 21.1. The van der Waals surface area contributed by atoms with Gasteiger partial charge >= 0.3 is 12.0 Å². The molecule has 0 saturated carbocycles. The molecule has 35 heavy (non-hydrogen) atoms. The molecular weight excluding hydrogens is 464 g/mol. The van der Waals surface area contributed by atoms with Gasteiger partial charge in [0.05, 0.1) is 18.2 Å². The van der Waals surface area contributed by atoms with Crippen LogP contribution in [0.15, 0.2) is 65.9 Å². The Bertz CT molecular complexity index is 1070. The number of nitrogens with zero attached hydrogens (tertiary/aromatic N) is 3. The van der Waals surface area contributed by atoms with Crippen LogP contribution in [0.1, 0.15) is 31.0 Å². The van der Waals surface area contributed by atoms with Gasteiger partial charge in [-0.1, -0.05) is 60.1 Å². The number of benzene rings is 2. The zero-order chi connectivity index (χ0) is 24.8. The quantitative estimate of drug-likeness (QED) is 0.558. The van der Waals surface area contributed by atoms with Crippen LogP contribution in [0.25, 0.3) is 0 Å². The molecule has 2 aromatic rings. The summed E-state index contributed by atoms with van der Waals surface area (Å²) in [4.78, 5) is 32.6. The van der Waals surface area contributed by atoms with Gasteiger partial charge in [-0.25, -0.2) is 9.59 Å². The van der Waals surface area contributed by atoms with Gasteiger partial charge in [0.15, 0.2) is 0 Å². The second-order valence-corrected chi connectivity index (χ2v) is 9.17. The smallest absolute Gasteiger partial charge is 0.338 e. The predicted octanol–water partition coefficient (Wildman–Crippen LogP) is 4.06. The van der Waals surface area contributed by atoms with Crippen molar-refractivity contribution in [2.24, 2.45) is 0 Å². The highest BCUT2D eigenvalue weighted by Gasteiger charge is 2.38. The first-order valence-electron chi connectivity index (χ1n) is 12.2. The van der Waals surface area contributed by atoms with E-state index in [4.69, 9.17) is 16.3 Å². The van der Waals surface area contributed by atoms with Gasteiger partial charge in [0.1, 0.15) is 0 Å². The summed E-state index contributed by atoms with van der Waals surface area (Å²) >= 11 is 6.35. The van der Waals surface area contributed by atoms with Crippen molar-refractivity contribution < 1.29 is 14.3 Å². The standard InChI is InChI=1S/C27H33ClN4O3/c1-3-32-23(19-31-16-14-30(15-17-31)18-21-12-8-9-13-22(21)28)24(26(33)35-4-2)25(29-27(32)34)20-10-6-5-7-11-20/h5-13,25H,3-4,14-19H2,1-2H3,(H,29,34). The lowest BCUT2D eigenvalue weighted by atomic mass is 9.94. The van der Waals surface area contributed by atoms with Crippen LogP contribution >= 0.6 is 11.6 Å². The molecule has 2 aliphatic rings. The van der Waals surface area contributed by atoms with Crippen molar-refractivity contribution in [3.8, 4) is 0 Å². The number of piperazine rings is 1. The van der Waals surface area contributed by atoms with Crippen molar-refractivity contribution in [3.63, 3.8) is 0 Å². The monoisotopic (exact) mass is 496 g/mol. The van der Waals surface area contributed by atoms with Crippen LogP contribution in [-0.2, 0) is 16.1 Å². The SMILES string of the molecule is CCOC(=O)C1=C(CN2CCN(Cc3ccccc3Cl)CC2)N(CC)C(=O)NC1c1ccccc1. The fourth-order valence-electron chi connectivity index (χ4n) is 4.74. The van der Waals surface area contributed by atoms with Gasteiger partial charge in [0, 0.05) is 56.5 Å². The second-order valence-electron chi connectivity index (χ2n) is 8.76. The maximum Gasteiger partial charge on any atom is 0.338 e. The van der Waals surface area contributed by atoms with Gasteiger partial charge in [-0.05, 0) is 31.0 Å². The summed E-state index contributed by atoms with van der Waals surface area (Å²) in [5.74, 6) is -0.382. The Labute approximate surface area is 212 Å². The highest BCUT2D eigenvalue weighted by atomic mass is 35.5. The molecule has 1 fully saturated rings. The topological polar surface area (TPSA) is 65.1 Å². The van der Waals surface area contributed by atoms with Crippen LogP contribution in [0.2, 0.25) is 5.02 Å². The van der Waals surface area contributed by atoms with E-state index < -0.39 is 6.04 Å². The van der Waals surface area contributed by atoms with Crippen molar-refractivity contribution in [2.45, 2.75) is 26.4 Å². The highest BCUT2D eigenvalue weighted by Crippen LogP contribution is 2.32. The molecular formula is C27H33ClN4O3. The molecule has 8 heteroatoms. The van der Waals surface area contributed by atoms with Crippen LogP contribution in [0.3, 0.4) is 0 Å². The summed E-state index contributed by atoms with van der Waals surface area (Å²) in [5, 5.41) is 3.81. The van der Waals surface area contributed by atoms with Crippen LogP contribution in [0.5, 0.6) is 0 Å². The molecule has 186 valence electrons. The summed E-state index contributed by atoms with van der Waals surface area (Å²) in [5.41, 5.74) is 3.23. The van der Waals surface area contributed by atoms with E-state index in [1.807, 2.05) is 55.5 Å². The van der Waals surface area contributed by atoms with E-state index in [1.165, 1.54) is 0 Å². The molecule has 0 aliphatic carbocycles. The minimum atomic E-state index is -0.540. The van der Waals surface area contributed by atoms with E-state index in [9.17, 15) is 9.59 Å². The molecule has 0 aromatic heterocycles. The van der Waals surface area contributed by atoms with E-state index in [0.717, 1.165) is 54.6 Å². The molecule has 7 nitrogen and oxygen atoms in total. The molecule has 1 atom stereocenters. The van der Waals surface area contributed by atoms with Gasteiger partial charge in [0.25, 0.3) is 0 Å². The normalized spacial score (nSPS) is 19.6. The lowest BCUT2D eigenvalue weighted by molar-refractivity contribution is -0.139. The van der Waals surface area contributed by atoms with Gasteiger partial charge in [-0.3, -0.25) is 14.7 Å². The number of nitrogens with one attached hydrogen (secondary N) is 1. The first kappa shape index (κ1) is 25.2. The van der Waals surface area contributed by atoms with Crippen LogP contribution < -0.4 is 5.32 Å². The zero-order valence-electron chi connectivity index (χ0n) is 20.4. The highest BCUT2D eigenvalue weighted by molar-refractivity contribution is 6.31. The number of carbonyl (C=O) groups is 2. The Morgan fingerprint density at radius 2 is 1.60 bits per heavy atom. The third-order valence-corrected chi connectivity index (χ3v) is 6.94. The Morgan fingerprint density at radius 3 is 2.23 bits per heavy atom. The van der Waals surface area contributed by atoms with Crippen LogP contribution in [0.4, 0.5) is 4.79 Å². The molecule has 2 heterocycles. The number of carbonyl (C=O) groups excluding carboxylic acids is 2. The van der Waals surface area contributed by atoms with Crippen molar-refractivity contribution in [1.29, 1.82) is 0 Å². The fraction of sp³-hybridized carbons (Fsp3) is 0.407. The largest absolute Gasteiger partial charge is 0.463 e. The van der Waals surface area contributed by atoms with Gasteiger partial charge in [0.2, 0.25) is 0 Å². The predicted molar refractivity (Wildman–Crippen MR) is 137 cm³/mol. The molecule has 0 bridgehead atoms. The average molecular weight is 497 g/mol. The summed E-state index contributed by atoms with van der Waals surface area (Å²) < 4.78 is 5.46. The van der Waals surface area contributed by atoms with Gasteiger partial charge in [-0.15, -0.1) is 0 Å². The Balaban J connectivity index is 1.56. The van der Waals surface area contributed by atoms with Crippen molar-refractivity contribution in [3.05, 3.63) is 82.0 Å². The first-order valence-corrected chi connectivity index (χ1v) is 12.6. The van der Waals surface area contributed by atoms with Crippen molar-refractivity contribution in [1.82, 2.24) is 20.0 Å².